The molecule has 0 amide bonds. The Kier molecular flexibility index (Phi) is 4.76. The highest BCUT2D eigenvalue weighted by Crippen LogP contribution is 2.18. The Hall–Kier alpha value is -3.68. The summed E-state index contributed by atoms with van der Waals surface area (Å²) in [6.07, 6.45) is 3.25. The van der Waals surface area contributed by atoms with Gasteiger partial charge in [0, 0.05) is 13.1 Å². The quantitative estimate of drug-likeness (QED) is 0.538. The molecule has 0 saturated carbocycles. The second-order valence-corrected chi connectivity index (χ2v) is 6.25. The van der Waals surface area contributed by atoms with Crippen LogP contribution in [0.1, 0.15) is 13.8 Å². The summed E-state index contributed by atoms with van der Waals surface area (Å²) in [6, 6.07) is 13.4. The second kappa shape index (κ2) is 7.51. The highest BCUT2D eigenvalue weighted by atomic mass is 16.1. The number of hydrogen-bond donors (Lipinski definition) is 2. The third-order valence-corrected chi connectivity index (χ3v) is 4.54. The molecule has 3 aromatic heterocycles. The molecular formula is C20H21N7O. The molecule has 0 aliphatic rings. The molecule has 0 spiro atoms. The Balaban J connectivity index is 1.67. The molecule has 0 aliphatic carbocycles. The van der Waals surface area contributed by atoms with Crippen molar-refractivity contribution in [1.29, 1.82) is 0 Å². The van der Waals surface area contributed by atoms with E-state index in [1.54, 1.807) is 10.9 Å². The summed E-state index contributed by atoms with van der Waals surface area (Å²) in [4.78, 5) is 26.4. The largest absolute Gasteiger partial charge is 0.357 e. The van der Waals surface area contributed by atoms with Crippen LogP contribution in [0, 0.1) is 0 Å². The summed E-state index contributed by atoms with van der Waals surface area (Å²) < 4.78 is 1.65. The van der Waals surface area contributed by atoms with Gasteiger partial charge in [-0.05, 0) is 38.1 Å². The van der Waals surface area contributed by atoms with Crippen molar-refractivity contribution in [3.8, 4) is 5.69 Å². The van der Waals surface area contributed by atoms with Gasteiger partial charge in [-0.3, -0.25) is 9.78 Å². The topological polar surface area (TPSA) is 91.7 Å². The molecule has 3 heterocycles. The molecule has 2 N–H and O–H groups in total. The third kappa shape index (κ3) is 3.32. The predicted molar refractivity (Wildman–Crippen MR) is 111 cm³/mol. The number of pyridine rings is 1. The molecule has 0 aliphatic heterocycles. The average Bonchev–Trinajstić information content (AvgIpc) is 3.15. The summed E-state index contributed by atoms with van der Waals surface area (Å²) in [7, 11) is 0. The zero-order chi connectivity index (χ0) is 19.5. The first-order chi connectivity index (χ1) is 13.7. The Bertz CT molecular complexity index is 1130. The van der Waals surface area contributed by atoms with Crippen LogP contribution >= 0.6 is 0 Å². The summed E-state index contributed by atoms with van der Waals surface area (Å²) in [5.74, 6) is 1.25. The fourth-order valence-electron chi connectivity index (χ4n) is 3.07. The number of nitrogens with zero attached hydrogens (tertiary/aromatic N) is 5. The lowest BCUT2D eigenvalue weighted by Gasteiger charge is -2.19. The van der Waals surface area contributed by atoms with Gasteiger partial charge in [0.15, 0.2) is 5.65 Å². The molecule has 0 radical (unpaired) electrons. The van der Waals surface area contributed by atoms with Gasteiger partial charge >= 0.3 is 0 Å². The molecule has 0 saturated heterocycles. The Morgan fingerprint density at radius 1 is 1.07 bits per heavy atom. The molecule has 4 rings (SSSR count). The van der Waals surface area contributed by atoms with Gasteiger partial charge < -0.3 is 10.2 Å². The molecule has 28 heavy (non-hydrogen) atoms. The lowest BCUT2D eigenvalue weighted by molar-refractivity contribution is 0.846. The fourth-order valence-corrected chi connectivity index (χ4v) is 3.07. The third-order valence-electron chi connectivity index (χ3n) is 4.54. The van der Waals surface area contributed by atoms with E-state index in [4.69, 9.17) is 0 Å². The zero-order valence-corrected chi connectivity index (χ0v) is 15.8. The number of aromatic amines is 1. The zero-order valence-electron chi connectivity index (χ0n) is 15.8. The standard InChI is InChI=1S/C20H21N7O/c1-3-26(4-2)17-11-10-14(12-21-17)23-20-24-18-16(19(28)25-20)13-22-27(18)15-8-6-5-7-9-15/h5-13H,3-4H2,1-2H3,(H2,23,24,25,28). The molecule has 0 atom stereocenters. The molecule has 0 unspecified atom stereocenters. The van der Waals surface area contributed by atoms with Crippen LogP contribution in [0.5, 0.6) is 0 Å². The number of fused-ring (bicyclic) bond motifs is 1. The van der Waals surface area contributed by atoms with E-state index in [1.165, 1.54) is 6.20 Å². The maximum atomic E-state index is 12.4. The van der Waals surface area contributed by atoms with Crippen molar-refractivity contribution in [1.82, 2.24) is 24.7 Å². The summed E-state index contributed by atoms with van der Waals surface area (Å²) in [6.45, 7) is 5.98. The van der Waals surface area contributed by atoms with Gasteiger partial charge in [-0.15, -0.1) is 0 Å². The minimum Gasteiger partial charge on any atom is -0.357 e. The van der Waals surface area contributed by atoms with Crippen molar-refractivity contribution in [2.75, 3.05) is 23.3 Å². The SMILES string of the molecule is CCN(CC)c1ccc(Nc2nc3c(cnn3-c3ccccc3)c(=O)[nH]2)cn1. The maximum absolute atomic E-state index is 12.4. The fraction of sp³-hybridized carbons (Fsp3) is 0.200. The van der Waals surface area contributed by atoms with Crippen LogP contribution in [0.3, 0.4) is 0 Å². The summed E-state index contributed by atoms with van der Waals surface area (Å²) in [5, 5.41) is 7.87. The molecule has 8 nitrogen and oxygen atoms in total. The Morgan fingerprint density at radius 3 is 2.54 bits per heavy atom. The van der Waals surface area contributed by atoms with Crippen LogP contribution in [-0.4, -0.2) is 37.8 Å². The van der Waals surface area contributed by atoms with E-state index < -0.39 is 0 Å². The highest BCUT2D eigenvalue weighted by molar-refractivity contribution is 5.76. The van der Waals surface area contributed by atoms with Crippen LogP contribution in [0.2, 0.25) is 0 Å². The smallest absolute Gasteiger partial charge is 0.263 e. The Morgan fingerprint density at radius 2 is 1.86 bits per heavy atom. The second-order valence-electron chi connectivity index (χ2n) is 6.25. The van der Waals surface area contributed by atoms with Crippen molar-refractivity contribution in [2.45, 2.75) is 13.8 Å². The molecular weight excluding hydrogens is 354 g/mol. The summed E-state index contributed by atoms with van der Waals surface area (Å²) >= 11 is 0. The van der Waals surface area contributed by atoms with Crippen molar-refractivity contribution >= 4 is 28.5 Å². The molecule has 4 aromatic rings. The molecule has 0 fully saturated rings. The molecule has 142 valence electrons. The van der Waals surface area contributed by atoms with E-state index in [-0.39, 0.29) is 5.56 Å². The van der Waals surface area contributed by atoms with Crippen molar-refractivity contribution in [3.05, 3.63) is 65.2 Å². The number of hydrogen-bond acceptors (Lipinski definition) is 6. The van der Waals surface area contributed by atoms with E-state index in [2.05, 4.69) is 44.1 Å². The van der Waals surface area contributed by atoms with Crippen LogP contribution < -0.4 is 15.8 Å². The van der Waals surface area contributed by atoms with E-state index in [0.717, 1.165) is 30.3 Å². The van der Waals surface area contributed by atoms with Crippen LogP contribution in [0.25, 0.3) is 16.7 Å². The van der Waals surface area contributed by atoms with Gasteiger partial charge in [0.25, 0.3) is 5.56 Å². The number of H-pyrrole nitrogens is 1. The number of aromatic nitrogens is 5. The monoisotopic (exact) mass is 375 g/mol. The van der Waals surface area contributed by atoms with Crippen LogP contribution in [0.15, 0.2) is 59.7 Å². The number of benzene rings is 1. The first-order valence-corrected chi connectivity index (χ1v) is 9.21. The van der Waals surface area contributed by atoms with Gasteiger partial charge in [-0.25, -0.2) is 9.67 Å². The van der Waals surface area contributed by atoms with E-state index in [0.29, 0.717) is 17.0 Å². The van der Waals surface area contributed by atoms with Gasteiger partial charge in [-0.1, -0.05) is 18.2 Å². The lowest BCUT2D eigenvalue weighted by atomic mass is 10.3. The van der Waals surface area contributed by atoms with Gasteiger partial charge in [0.2, 0.25) is 5.95 Å². The number of rotatable bonds is 6. The first kappa shape index (κ1) is 17.7. The van der Waals surface area contributed by atoms with E-state index >= 15 is 0 Å². The van der Waals surface area contributed by atoms with Gasteiger partial charge in [0.05, 0.1) is 23.8 Å². The van der Waals surface area contributed by atoms with Crippen molar-refractivity contribution in [3.63, 3.8) is 0 Å². The molecule has 1 aromatic carbocycles. The van der Waals surface area contributed by atoms with E-state index in [1.807, 2.05) is 42.5 Å². The Labute approximate surface area is 161 Å². The number of nitrogens with one attached hydrogen (secondary N) is 2. The lowest BCUT2D eigenvalue weighted by Crippen LogP contribution is -2.22. The highest BCUT2D eigenvalue weighted by Gasteiger charge is 2.12. The predicted octanol–water partition coefficient (Wildman–Crippen LogP) is 3.09. The molecule has 0 bridgehead atoms. The maximum Gasteiger partial charge on any atom is 0.263 e. The minimum absolute atomic E-state index is 0.248. The van der Waals surface area contributed by atoms with Gasteiger partial charge in [-0.2, -0.15) is 10.1 Å². The van der Waals surface area contributed by atoms with Crippen molar-refractivity contribution < 1.29 is 0 Å². The molecule has 8 heteroatoms. The number of anilines is 3. The number of para-hydroxylation sites is 1. The van der Waals surface area contributed by atoms with Crippen LogP contribution in [-0.2, 0) is 0 Å². The summed E-state index contributed by atoms with van der Waals surface area (Å²) in [5.41, 5.74) is 1.82. The minimum atomic E-state index is -0.248. The first-order valence-electron chi connectivity index (χ1n) is 9.21. The van der Waals surface area contributed by atoms with Gasteiger partial charge in [0.1, 0.15) is 11.2 Å². The van der Waals surface area contributed by atoms with E-state index in [9.17, 15) is 4.79 Å². The normalized spacial score (nSPS) is 10.9. The van der Waals surface area contributed by atoms with Crippen molar-refractivity contribution in [2.24, 2.45) is 0 Å². The average molecular weight is 375 g/mol. The van der Waals surface area contributed by atoms with Crippen LogP contribution in [0.4, 0.5) is 17.5 Å².